The number of para-hydroxylation sites is 1. The highest BCUT2D eigenvalue weighted by Gasteiger charge is 2.10. The van der Waals surface area contributed by atoms with Crippen molar-refractivity contribution in [2.45, 2.75) is 13.3 Å². The van der Waals surface area contributed by atoms with Crippen LogP contribution in [-0.4, -0.2) is 63.2 Å². The largest absolute Gasteiger partial charge is 0.462 e. The summed E-state index contributed by atoms with van der Waals surface area (Å²) in [6.07, 6.45) is 0.165. The van der Waals surface area contributed by atoms with Gasteiger partial charge in [-0.25, -0.2) is 0 Å². The maximum absolute atomic E-state index is 12.2. The van der Waals surface area contributed by atoms with E-state index in [1.54, 1.807) is 13.0 Å². The monoisotopic (exact) mass is 396 g/mol. The van der Waals surface area contributed by atoms with E-state index in [0.717, 1.165) is 12.2 Å². The lowest BCUT2D eigenvalue weighted by molar-refractivity contribution is -0.115. The first-order valence-corrected chi connectivity index (χ1v) is 9.14. The molecule has 1 aromatic carbocycles. The third-order valence-corrected chi connectivity index (χ3v) is 3.78. The quantitative estimate of drug-likeness (QED) is 0.500. The van der Waals surface area contributed by atoms with Crippen LogP contribution in [0.2, 0.25) is 0 Å². The Balaban J connectivity index is 1.58. The normalized spacial score (nSPS) is 10.8. The third-order valence-electron chi connectivity index (χ3n) is 3.78. The molecule has 0 fully saturated rings. The van der Waals surface area contributed by atoms with Gasteiger partial charge in [-0.3, -0.25) is 9.89 Å². The molecule has 10 heteroatoms. The molecule has 1 amide bonds. The highest BCUT2D eigenvalue weighted by molar-refractivity contribution is 5.92. The number of benzene rings is 1. The van der Waals surface area contributed by atoms with Gasteiger partial charge in [0.2, 0.25) is 11.9 Å². The fraction of sp³-hybridized carbons (Fsp3) is 0.316. The first-order chi connectivity index (χ1) is 14.0. The number of hydrogen-bond acceptors (Lipinski definition) is 8. The molecule has 0 aliphatic rings. The lowest BCUT2D eigenvalue weighted by Gasteiger charge is -2.10. The van der Waals surface area contributed by atoms with Crippen LogP contribution in [0.3, 0.4) is 0 Å². The highest BCUT2D eigenvalue weighted by Crippen LogP contribution is 2.14. The molecule has 152 valence electrons. The number of carbonyl (C=O) groups is 1. The summed E-state index contributed by atoms with van der Waals surface area (Å²) in [6.45, 7) is 2.98. The van der Waals surface area contributed by atoms with Gasteiger partial charge in [0.1, 0.15) is 12.4 Å². The average molecular weight is 396 g/mol. The number of aryl methyl sites for hydroxylation is 1. The zero-order chi connectivity index (χ0) is 20.6. The average Bonchev–Trinajstić information content (AvgIpc) is 3.08. The number of nitrogens with one attached hydrogen (secondary N) is 3. The van der Waals surface area contributed by atoms with E-state index < -0.39 is 0 Å². The first kappa shape index (κ1) is 20.2. The number of aromatic amines is 1. The van der Waals surface area contributed by atoms with Gasteiger partial charge in [0.15, 0.2) is 5.82 Å². The van der Waals surface area contributed by atoms with E-state index in [0.29, 0.717) is 29.9 Å². The molecular formula is C19H24N8O2. The molecule has 0 spiro atoms. The Morgan fingerprint density at radius 3 is 2.72 bits per heavy atom. The molecule has 0 saturated carbocycles. The number of aromatic nitrogens is 5. The lowest BCUT2D eigenvalue weighted by atomic mass is 10.2. The zero-order valence-electron chi connectivity index (χ0n) is 16.6. The van der Waals surface area contributed by atoms with Gasteiger partial charge in [0.25, 0.3) is 0 Å². The Morgan fingerprint density at radius 1 is 1.17 bits per heavy atom. The van der Waals surface area contributed by atoms with E-state index in [-0.39, 0.29) is 18.3 Å². The van der Waals surface area contributed by atoms with E-state index in [2.05, 4.69) is 35.8 Å². The summed E-state index contributed by atoms with van der Waals surface area (Å²) in [6, 6.07) is 11.3. The molecule has 0 atom stereocenters. The van der Waals surface area contributed by atoms with Crippen LogP contribution in [0.15, 0.2) is 36.4 Å². The molecular weight excluding hydrogens is 372 g/mol. The van der Waals surface area contributed by atoms with Crippen molar-refractivity contribution in [3.05, 3.63) is 47.9 Å². The second kappa shape index (κ2) is 9.60. The highest BCUT2D eigenvalue weighted by atomic mass is 16.5. The Bertz CT molecular complexity index is 942. The number of anilines is 3. The predicted molar refractivity (Wildman–Crippen MR) is 109 cm³/mol. The van der Waals surface area contributed by atoms with Gasteiger partial charge in [0.05, 0.1) is 6.42 Å². The molecule has 3 N–H and O–H groups in total. The SMILES string of the molecule is Cc1nc(Nc2cc(CC(=O)Nc3ccccc3)[nH]n2)nc(OCCN(C)C)n1. The van der Waals surface area contributed by atoms with Crippen molar-refractivity contribution in [2.75, 3.05) is 37.9 Å². The third kappa shape index (κ3) is 6.54. The molecule has 2 aromatic heterocycles. The number of amides is 1. The minimum atomic E-state index is -0.140. The first-order valence-electron chi connectivity index (χ1n) is 9.14. The van der Waals surface area contributed by atoms with E-state index in [1.165, 1.54) is 0 Å². The summed E-state index contributed by atoms with van der Waals surface area (Å²) >= 11 is 0. The number of likely N-dealkylation sites (N-methyl/N-ethyl adjacent to an activating group) is 1. The van der Waals surface area contributed by atoms with Crippen LogP contribution in [0.5, 0.6) is 6.01 Å². The van der Waals surface area contributed by atoms with Gasteiger partial charge in [-0.1, -0.05) is 18.2 Å². The molecule has 3 aromatic rings. The van der Waals surface area contributed by atoms with E-state index >= 15 is 0 Å². The summed E-state index contributed by atoms with van der Waals surface area (Å²) in [4.78, 5) is 26.8. The molecule has 29 heavy (non-hydrogen) atoms. The predicted octanol–water partition coefficient (Wildman–Crippen LogP) is 1.77. The van der Waals surface area contributed by atoms with Crippen molar-refractivity contribution in [2.24, 2.45) is 0 Å². The van der Waals surface area contributed by atoms with Crippen LogP contribution in [0, 0.1) is 6.92 Å². The molecule has 0 radical (unpaired) electrons. The van der Waals surface area contributed by atoms with Crippen molar-refractivity contribution < 1.29 is 9.53 Å². The van der Waals surface area contributed by atoms with E-state index in [9.17, 15) is 4.79 Å². The van der Waals surface area contributed by atoms with Gasteiger partial charge in [-0.15, -0.1) is 0 Å². The fourth-order valence-corrected chi connectivity index (χ4v) is 2.43. The van der Waals surface area contributed by atoms with Crippen LogP contribution in [0.4, 0.5) is 17.5 Å². The van der Waals surface area contributed by atoms with Crippen LogP contribution < -0.4 is 15.4 Å². The van der Waals surface area contributed by atoms with Crippen molar-refractivity contribution in [1.82, 2.24) is 30.0 Å². The van der Waals surface area contributed by atoms with Gasteiger partial charge < -0.3 is 20.3 Å². The topological polar surface area (TPSA) is 121 Å². The van der Waals surface area contributed by atoms with E-state index in [1.807, 2.05) is 49.3 Å². The van der Waals surface area contributed by atoms with Crippen LogP contribution >= 0.6 is 0 Å². The number of ether oxygens (including phenoxy) is 1. The minimum Gasteiger partial charge on any atom is -0.462 e. The standard InChI is InChI=1S/C19H24N8O2/c1-13-20-18(24-19(21-13)29-10-9-27(2)3)23-16-11-15(25-26-16)12-17(28)22-14-7-5-4-6-8-14/h4-8,11H,9-10,12H2,1-3H3,(H,22,28)(H2,20,21,23,24,25,26). The number of nitrogens with zero attached hydrogens (tertiary/aromatic N) is 5. The molecule has 0 aliphatic heterocycles. The Labute approximate surface area is 168 Å². The molecule has 0 unspecified atom stereocenters. The van der Waals surface area contributed by atoms with Gasteiger partial charge in [-0.05, 0) is 33.2 Å². The Morgan fingerprint density at radius 2 is 1.97 bits per heavy atom. The number of hydrogen-bond donors (Lipinski definition) is 3. The minimum absolute atomic E-state index is 0.140. The number of rotatable bonds is 9. The van der Waals surface area contributed by atoms with Crippen molar-refractivity contribution in [3.8, 4) is 6.01 Å². The summed E-state index contributed by atoms with van der Waals surface area (Å²) in [7, 11) is 3.93. The number of H-pyrrole nitrogens is 1. The lowest BCUT2D eigenvalue weighted by Crippen LogP contribution is -2.20. The Kier molecular flexibility index (Phi) is 6.69. The van der Waals surface area contributed by atoms with Crippen LogP contribution in [0.25, 0.3) is 0 Å². The molecule has 0 saturated heterocycles. The van der Waals surface area contributed by atoms with Crippen LogP contribution in [0.1, 0.15) is 11.5 Å². The Hall–Kier alpha value is -3.53. The van der Waals surface area contributed by atoms with Crippen LogP contribution in [-0.2, 0) is 11.2 Å². The van der Waals surface area contributed by atoms with E-state index in [4.69, 9.17) is 4.74 Å². The zero-order valence-corrected chi connectivity index (χ0v) is 16.6. The molecule has 10 nitrogen and oxygen atoms in total. The van der Waals surface area contributed by atoms with Crippen molar-refractivity contribution >= 4 is 23.4 Å². The second-order valence-corrected chi connectivity index (χ2v) is 6.63. The van der Waals surface area contributed by atoms with Gasteiger partial charge >= 0.3 is 6.01 Å². The molecule has 3 rings (SSSR count). The van der Waals surface area contributed by atoms with Gasteiger partial charge in [0, 0.05) is 24.0 Å². The molecule has 0 aliphatic carbocycles. The molecule has 2 heterocycles. The maximum Gasteiger partial charge on any atom is 0.321 e. The van der Waals surface area contributed by atoms with Crippen molar-refractivity contribution in [3.63, 3.8) is 0 Å². The summed E-state index contributed by atoms with van der Waals surface area (Å²) < 4.78 is 5.57. The maximum atomic E-state index is 12.2. The summed E-state index contributed by atoms with van der Waals surface area (Å²) in [5.74, 6) is 1.21. The second-order valence-electron chi connectivity index (χ2n) is 6.63. The summed E-state index contributed by atoms with van der Waals surface area (Å²) in [5, 5.41) is 12.8. The smallest absolute Gasteiger partial charge is 0.321 e. The number of carbonyl (C=O) groups excluding carboxylic acids is 1. The summed E-state index contributed by atoms with van der Waals surface area (Å²) in [5.41, 5.74) is 1.41. The van der Waals surface area contributed by atoms with Crippen molar-refractivity contribution in [1.29, 1.82) is 0 Å². The van der Waals surface area contributed by atoms with Gasteiger partial charge in [-0.2, -0.15) is 20.1 Å². The molecule has 0 bridgehead atoms. The fourth-order valence-electron chi connectivity index (χ4n) is 2.43.